The lowest BCUT2D eigenvalue weighted by atomic mass is 9.88. The molecular weight excluding hydrogens is 384 g/mol. The maximum absolute atomic E-state index is 12.9. The Morgan fingerprint density at radius 3 is 2.57 bits per heavy atom. The first-order valence-electron chi connectivity index (χ1n) is 8.84. The van der Waals surface area contributed by atoms with E-state index in [2.05, 4.69) is 15.2 Å². The highest BCUT2D eigenvalue weighted by molar-refractivity contribution is 7.89. The summed E-state index contributed by atoms with van der Waals surface area (Å²) in [5.74, 6) is -1.09. The highest BCUT2D eigenvalue weighted by Crippen LogP contribution is 2.33. The van der Waals surface area contributed by atoms with Crippen molar-refractivity contribution >= 4 is 21.6 Å². The number of aromatic carboxylic acids is 1. The molecule has 0 radical (unpaired) electrons. The van der Waals surface area contributed by atoms with E-state index in [1.807, 2.05) is 0 Å². The van der Waals surface area contributed by atoms with Crippen molar-refractivity contribution in [2.24, 2.45) is 7.05 Å². The van der Waals surface area contributed by atoms with Gasteiger partial charge in [0.15, 0.2) is 5.65 Å². The number of rotatable bonds is 4. The number of carboxylic acids is 1. The maximum Gasteiger partial charge on any atom is 0.336 e. The number of pyridine rings is 1. The monoisotopic (exact) mass is 404 g/mol. The summed E-state index contributed by atoms with van der Waals surface area (Å²) in [5.41, 5.74) is 1.89. The number of sulfonamides is 1. The quantitative estimate of drug-likeness (QED) is 0.689. The van der Waals surface area contributed by atoms with Crippen LogP contribution in [0.25, 0.3) is 5.65 Å². The van der Waals surface area contributed by atoms with Crippen LogP contribution < -0.4 is 0 Å². The topological polar surface area (TPSA) is 123 Å². The average molecular weight is 404 g/mol. The van der Waals surface area contributed by atoms with E-state index in [-0.39, 0.29) is 16.4 Å². The number of carboxylic acid groups (broad SMARTS) is 1. The molecular formula is C17H20N6O4S. The van der Waals surface area contributed by atoms with Gasteiger partial charge in [0.05, 0.1) is 17.5 Å². The van der Waals surface area contributed by atoms with Crippen molar-refractivity contribution in [2.75, 3.05) is 13.1 Å². The molecule has 0 unspecified atom stereocenters. The zero-order chi connectivity index (χ0) is 20.1. The Labute approximate surface area is 161 Å². The average Bonchev–Trinajstić information content (AvgIpc) is 3.27. The zero-order valence-electron chi connectivity index (χ0n) is 15.5. The summed E-state index contributed by atoms with van der Waals surface area (Å²) >= 11 is 0. The Morgan fingerprint density at radius 1 is 1.25 bits per heavy atom. The lowest BCUT2D eigenvalue weighted by molar-refractivity contribution is 0.0694. The number of aromatic nitrogens is 5. The molecule has 0 aliphatic carbocycles. The Bertz CT molecular complexity index is 1160. The normalized spacial score (nSPS) is 16.6. The van der Waals surface area contributed by atoms with Gasteiger partial charge >= 0.3 is 5.97 Å². The lowest BCUT2D eigenvalue weighted by Gasteiger charge is -2.31. The minimum atomic E-state index is -3.62. The van der Waals surface area contributed by atoms with Crippen molar-refractivity contribution in [2.45, 2.75) is 30.6 Å². The highest BCUT2D eigenvalue weighted by atomic mass is 32.2. The van der Waals surface area contributed by atoms with Gasteiger partial charge in [-0.15, -0.1) is 0 Å². The molecule has 1 aliphatic rings. The van der Waals surface area contributed by atoms with E-state index in [1.165, 1.54) is 27.6 Å². The minimum absolute atomic E-state index is 0.0684. The first-order chi connectivity index (χ1) is 13.3. The molecule has 0 amide bonds. The van der Waals surface area contributed by atoms with Crippen LogP contribution >= 0.6 is 0 Å². The molecule has 1 fully saturated rings. The SMILES string of the molecule is Cc1c(S(=O)(=O)N2CCC(c3cn4ncnc4cc3C(=O)O)CC2)cnn1C. The van der Waals surface area contributed by atoms with Crippen LogP contribution in [-0.4, -0.2) is 61.3 Å². The number of aryl methyl sites for hydroxylation is 1. The van der Waals surface area contributed by atoms with Gasteiger partial charge in [-0.3, -0.25) is 4.68 Å². The van der Waals surface area contributed by atoms with Gasteiger partial charge in [0.1, 0.15) is 11.2 Å². The molecule has 0 saturated carbocycles. The fourth-order valence-corrected chi connectivity index (χ4v) is 5.32. The van der Waals surface area contributed by atoms with E-state index in [1.54, 1.807) is 24.7 Å². The van der Waals surface area contributed by atoms with Crippen molar-refractivity contribution in [1.29, 1.82) is 0 Å². The Hall–Kier alpha value is -2.79. The van der Waals surface area contributed by atoms with Gasteiger partial charge in [0.2, 0.25) is 10.0 Å². The summed E-state index contributed by atoms with van der Waals surface area (Å²) in [6.45, 7) is 2.35. The number of hydrogen-bond donors (Lipinski definition) is 1. The number of hydrogen-bond acceptors (Lipinski definition) is 6. The van der Waals surface area contributed by atoms with Gasteiger partial charge in [0.25, 0.3) is 0 Å². The van der Waals surface area contributed by atoms with Crippen molar-refractivity contribution < 1.29 is 18.3 Å². The molecule has 3 aromatic rings. The van der Waals surface area contributed by atoms with Crippen molar-refractivity contribution in [3.05, 3.63) is 41.6 Å². The lowest BCUT2D eigenvalue weighted by Crippen LogP contribution is -2.38. The summed E-state index contributed by atoms with van der Waals surface area (Å²) in [6, 6.07) is 1.51. The van der Waals surface area contributed by atoms with Crippen LogP contribution in [0.4, 0.5) is 0 Å². The highest BCUT2D eigenvalue weighted by Gasteiger charge is 2.33. The molecule has 28 heavy (non-hydrogen) atoms. The van der Waals surface area contributed by atoms with Gasteiger partial charge in [-0.25, -0.2) is 22.7 Å². The molecule has 0 atom stereocenters. The van der Waals surface area contributed by atoms with Crippen molar-refractivity contribution in [3.63, 3.8) is 0 Å². The molecule has 10 nitrogen and oxygen atoms in total. The summed E-state index contributed by atoms with van der Waals surface area (Å²) in [4.78, 5) is 15.9. The van der Waals surface area contributed by atoms with Crippen molar-refractivity contribution in [3.8, 4) is 0 Å². The third kappa shape index (κ3) is 2.96. The standard InChI is InChI=1S/C17H20N6O4S/c1-11-15(8-19-21(11)2)28(26,27)22-5-3-12(4-6-22)14-9-23-16(18-10-20-23)7-13(14)17(24)25/h7-10,12H,3-6H2,1-2H3,(H,24,25). The molecule has 0 bridgehead atoms. The van der Waals surface area contributed by atoms with Crippen LogP contribution in [-0.2, 0) is 17.1 Å². The summed E-state index contributed by atoms with van der Waals surface area (Å²) < 4.78 is 30.4. The Kier molecular flexibility index (Phi) is 4.42. The molecule has 1 saturated heterocycles. The first-order valence-corrected chi connectivity index (χ1v) is 10.3. The van der Waals surface area contributed by atoms with Gasteiger partial charge in [-0.1, -0.05) is 0 Å². The summed E-state index contributed by atoms with van der Waals surface area (Å²) in [6.07, 6.45) is 5.48. The zero-order valence-corrected chi connectivity index (χ0v) is 16.3. The number of carbonyl (C=O) groups is 1. The second-order valence-electron chi connectivity index (χ2n) is 6.91. The molecule has 4 heterocycles. The maximum atomic E-state index is 12.9. The molecule has 0 aromatic carbocycles. The largest absolute Gasteiger partial charge is 0.478 e. The molecule has 148 valence electrons. The van der Waals surface area contributed by atoms with E-state index in [9.17, 15) is 18.3 Å². The summed E-state index contributed by atoms with van der Waals surface area (Å²) in [7, 11) is -1.92. The van der Waals surface area contributed by atoms with E-state index < -0.39 is 16.0 Å². The van der Waals surface area contributed by atoms with Crippen LogP contribution in [0.3, 0.4) is 0 Å². The Balaban J connectivity index is 1.59. The van der Waals surface area contributed by atoms with Crippen LogP contribution in [0.15, 0.2) is 29.7 Å². The summed E-state index contributed by atoms with van der Waals surface area (Å²) in [5, 5.41) is 17.7. The molecule has 0 spiro atoms. The first kappa shape index (κ1) is 18.6. The number of fused-ring (bicyclic) bond motifs is 1. The molecule has 11 heteroatoms. The molecule has 1 aliphatic heterocycles. The third-order valence-electron chi connectivity index (χ3n) is 5.38. The van der Waals surface area contributed by atoms with Crippen molar-refractivity contribution in [1.82, 2.24) is 28.7 Å². The Morgan fingerprint density at radius 2 is 1.96 bits per heavy atom. The van der Waals surface area contributed by atoms with Gasteiger partial charge < -0.3 is 5.11 Å². The van der Waals surface area contributed by atoms with E-state index in [0.717, 1.165) is 0 Å². The number of piperidine rings is 1. The molecule has 1 N–H and O–H groups in total. The number of nitrogens with zero attached hydrogens (tertiary/aromatic N) is 6. The minimum Gasteiger partial charge on any atom is -0.478 e. The fourth-order valence-electron chi connectivity index (χ4n) is 3.66. The molecule has 3 aromatic heterocycles. The van der Waals surface area contributed by atoms with Crippen LogP contribution in [0.1, 0.15) is 40.4 Å². The predicted octanol–water partition coefficient (Wildman–Crippen LogP) is 1.04. The molecule has 4 rings (SSSR count). The van der Waals surface area contributed by atoms with Crippen LogP contribution in [0.5, 0.6) is 0 Å². The van der Waals surface area contributed by atoms with Gasteiger partial charge in [-0.05, 0) is 37.3 Å². The van der Waals surface area contributed by atoms with E-state index >= 15 is 0 Å². The predicted molar refractivity (Wildman–Crippen MR) is 98.6 cm³/mol. The van der Waals surface area contributed by atoms with Crippen LogP contribution in [0.2, 0.25) is 0 Å². The third-order valence-corrected chi connectivity index (χ3v) is 7.38. The van der Waals surface area contributed by atoms with E-state index in [0.29, 0.717) is 42.8 Å². The smallest absolute Gasteiger partial charge is 0.336 e. The second kappa shape index (κ2) is 6.67. The fraction of sp³-hybridized carbons (Fsp3) is 0.412. The van der Waals surface area contributed by atoms with E-state index in [4.69, 9.17) is 0 Å². The van der Waals surface area contributed by atoms with Crippen LogP contribution in [0, 0.1) is 6.92 Å². The van der Waals surface area contributed by atoms with Gasteiger partial charge in [-0.2, -0.15) is 14.5 Å². The second-order valence-corrected chi connectivity index (χ2v) is 8.81. The van der Waals surface area contributed by atoms with Gasteiger partial charge in [0, 0.05) is 26.3 Å².